The summed E-state index contributed by atoms with van der Waals surface area (Å²) in [5.41, 5.74) is 0.169. The number of hydrogen-bond acceptors (Lipinski definition) is 2. The lowest BCUT2D eigenvalue weighted by molar-refractivity contribution is 0.146. The third-order valence-electron chi connectivity index (χ3n) is 2.44. The monoisotopic (exact) mass is 215 g/mol. The van der Waals surface area contributed by atoms with Crippen molar-refractivity contribution >= 4 is 6.09 Å². The molecule has 0 spiro atoms. The molecule has 0 unspecified atom stereocenters. The first kappa shape index (κ1) is 14.3. The van der Waals surface area contributed by atoms with E-state index in [1.165, 1.54) is 19.3 Å². The highest BCUT2D eigenvalue weighted by atomic mass is 16.5. The molecular formula is C12H25NO2. The van der Waals surface area contributed by atoms with Crippen LogP contribution in [0.3, 0.4) is 0 Å². The van der Waals surface area contributed by atoms with Crippen LogP contribution in [0.25, 0.3) is 0 Å². The van der Waals surface area contributed by atoms with Gasteiger partial charge >= 0.3 is 6.09 Å². The van der Waals surface area contributed by atoms with E-state index < -0.39 is 0 Å². The van der Waals surface area contributed by atoms with Crippen molar-refractivity contribution < 1.29 is 9.53 Å². The van der Waals surface area contributed by atoms with Crippen molar-refractivity contribution in [3.63, 3.8) is 0 Å². The summed E-state index contributed by atoms with van der Waals surface area (Å²) < 4.78 is 4.81. The Morgan fingerprint density at radius 2 is 1.93 bits per heavy atom. The molecule has 0 aromatic carbocycles. The second-order valence-electron chi connectivity index (χ2n) is 4.70. The van der Waals surface area contributed by atoms with Gasteiger partial charge in [-0.3, -0.25) is 0 Å². The summed E-state index contributed by atoms with van der Waals surface area (Å²) in [5, 5.41) is 2.79. The van der Waals surface area contributed by atoms with E-state index in [1.54, 1.807) is 0 Å². The Morgan fingerprint density at radius 3 is 2.47 bits per heavy atom. The van der Waals surface area contributed by atoms with Crippen LogP contribution in [0.15, 0.2) is 0 Å². The predicted molar refractivity (Wildman–Crippen MR) is 62.9 cm³/mol. The lowest BCUT2D eigenvalue weighted by Crippen LogP contribution is -2.34. The third kappa shape index (κ3) is 8.28. The van der Waals surface area contributed by atoms with Gasteiger partial charge in [-0.15, -0.1) is 0 Å². The number of carbonyl (C=O) groups is 1. The van der Waals surface area contributed by atoms with E-state index in [0.717, 1.165) is 6.42 Å². The van der Waals surface area contributed by atoms with Crippen LogP contribution < -0.4 is 5.32 Å². The molecule has 0 heterocycles. The molecule has 15 heavy (non-hydrogen) atoms. The minimum absolute atomic E-state index is 0.169. The molecule has 0 aliphatic rings. The highest BCUT2D eigenvalue weighted by molar-refractivity contribution is 5.67. The predicted octanol–water partition coefficient (Wildman–Crippen LogP) is 3.34. The number of nitrogens with one attached hydrogen (secondary N) is 1. The Labute approximate surface area is 93.6 Å². The highest BCUT2D eigenvalue weighted by Gasteiger charge is 2.18. The Bertz CT molecular complexity index is 178. The number of rotatable bonds is 7. The molecule has 90 valence electrons. The van der Waals surface area contributed by atoms with Gasteiger partial charge in [-0.2, -0.15) is 0 Å². The zero-order valence-corrected chi connectivity index (χ0v) is 10.6. The molecule has 3 heteroatoms. The molecule has 0 aliphatic carbocycles. The smallest absolute Gasteiger partial charge is 0.407 e. The molecule has 0 rings (SSSR count). The van der Waals surface area contributed by atoms with Crippen molar-refractivity contribution in [2.45, 2.75) is 53.4 Å². The van der Waals surface area contributed by atoms with Gasteiger partial charge in [0.25, 0.3) is 0 Å². The summed E-state index contributed by atoms with van der Waals surface area (Å²) in [5.74, 6) is 0. The van der Waals surface area contributed by atoms with E-state index in [0.29, 0.717) is 13.2 Å². The van der Waals surface area contributed by atoms with Gasteiger partial charge in [-0.05, 0) is 18.8 Å². The SMILES string of the molecule is CCCCCC(C)(C)CNC(=O)OCC. The first-order valence-electron chi connectivity index (χ1n) is 5.92. The lowest BCUT2D eigenvalue weighted by Gasteiger charge is -2.24. The van der Waals surface area contributed by atoms with Gasteiger partial charge < -0.3 is 10.1 Å². The van der Waals surface area contributed by atoms with Crippen LogP contribution >= 0.6 is 0 Å². The van der Waals surface area contributed by atoms with Crippen molar-refractivity contribution in [2.75, 3.05) is 13.2 Å². The fraction of sp³-hybridized carbons (Fsp3) is 0.917. The van der Waals surface area contributed by atoms with Crippen LogP contribution in [0.1, 0.15) is 53.4 Å². The van der Waals surface area contributed by atoms with E-state index >= 15 is 0 Å². The van der Waals surface area contributed by atoms with E-state index in [1.807, 2.05) is 6.92 Å². The van der Waals surface area contributed by atoms with Gasteiger partial charge in [0.2, 0.25) is 0 Å². The summed E-state index contributed by atoms with van der Waals surface area (Å²) in [6.45, 7) is 9.48. The number of ether oxygens (including phenoxy) is 1. The van der Waals surface area contributed by atoms with Crippen molar-refractivity contribution in [3.8, 4) is 0 Å². The highest BCUT2D eigenvalue weighted by Crippen LogP contribution is 2.22. The maximum absolute atomic E-state index is 11.1. The Hall–Kier alpha value is -0.730. The molecule has 3 nitrogen and oxygen atoms in total. The second-order valence-corrected chi connectivity index (χ2v) is 4.70. The second kappa shape index (κ2) is 7.55. The van der Waals surface area contributed by atoms with Crippen LogP contribution in [0, 0.1) is 5.41 Å². The van der Waals surface area contributed by atoms with Gasteiger partial charge in [0, 0.05) is 6.54 Å². The van der Waals surface area contributed by atoms with Crippen LogP contribution in [-0.2, 0) is 4.74 Å². The molecule has 0 radical (unpaired) electrons. The number of unbranched alkanes of at least 4 members (excludes halogenated alkanes) is 2. The average Bonchev–Trinajstić information content (AvgIpc) is 2.16. The molecule has 0 aromatic heterocycles. The fourth-order valence-electron chi connectivity index (χ4n) is 1.44. The van der Waals surface area contributed by atoms with Gasteiger partial charge in [-0.25, -0.2) is 4.79 Å². The minimum Gasteiger partial charge on any atom is -0.450 e. The minimum atomic E-state index is -0.305. The molecule has 0 saturated heterocycles. The summed E-state index contributed by atoms with van der Waals surface area (Å²) in [6.07, 6.45) is 4.58. The topological polar surface area (TPSA) is 38.3 Å². The van der Waals surface area contributed by atoms with Crippen molar-refractivity contribution in [3.05, 3.63) is 0 Å². The van der Waals surface area contributed by atoms with E-state index in [2.05, 4.69) is 26.1 Å². The number of carbonyl (C=O) groups excluding carboxylic acids is 1. The van der Waals surface area contributed by atoms with Crippen molar-refractivity contribution in [1.82, 2.24) is 5.32 Å². The van der Waals surface area contributed by atoms with E-state index in [9.17, 15) is 4.79 Å². The first-order chi connectivity index (χ1) is 7.02. The van der Waals surface area contributed by atoms with Crippen LogP contribution in [0.2, 0.25) is 0 Å². The summed E-state index contributed by atoms with van der Waals surface area (Å²) >= 11 is 0. The summed E-state index contributed by atoms with van der Waals surface area (Å²) in [4.78, 5) is 11.1. The average molecular weight is 215 g/mol. The molecule has 1 amide bonds. The Kier molecular flexibility index (Phi) is 7.18. The molecule has 0 atom stereocenters. The maximum atomic E-state index is 11.1. The summed E-state index contributed by atoms with van der Waals surface area (Å²) in [6, 6.07) is 0. The zero-order valence-electron chi connectivity index (χ0n) is 10.6. The largest absolute Gasteiger partial charge is 0.450 e. The van der Waals surface area contributed by atoms with Crippen LogP contribution in [-0.4, -0.2) is 19.2 Å². The molecule has 1 N–H and O–H groups in total. The van der Waals surface area contributed by atoms with E-state index in [-0.39, 0.29) is 11.5 Å². The van der Waals surface area contributed by atoms with Crippen LogP contribution in [0.5, 0.6) is 0 Å². The molecule has 0 aromatic rings. The number of amides is 1. The van der Waals surface area contributed by atoms with Crippen LogP contribution in [0.4, 0.5) is 4.79 Å². The zero-order chi connectivity index (χ0) is 11.7. The van der Waals surface area contributed by atoms with Gasteiger partial charge in [0.1, 0.15) is 0 Å². The first-order valence-corrected chi connectivity index (χ1v) is 5.92. The Morgan fingerprint density at radius 1 is 1.27 bits per heavy atom. The Balaban J connectivity index is 3.67. The van der Waals surface area contributed by atoms with Crippen molar-refractivity contribution in [1.29, 1.82) is 0 Å². The van der Waals surface area contributed by atoms with Gasteiger partial charge in [-0.1, -0.05) is 40.0 Å². The molecule has 0 saturated carbocycles. The molecule has 0 bridgehead atoms. The quantitative estimate of drug-likeness (QED) is 0.661. The van der Waals surface area contributed by atoms with E-state index in [4.69, 9.17) is 4.74 Å². The van der Waals surface area contributed by atoms with Gasteiger partial charge in [0.05, 0.1) is 6.61 Å². The third-order valence-corrected chi connectivity index (χ3v) is 2.44. The van der Waals surface area contributed by atoms with Crippen molar-refractivity contribution in [2.24, 2.45) is 5.41 Å². The van der Waals surface area contributed by atoms with Gasteiger partial charge in [0.15, 0.2) is 0 Å². The lowest BCUT2D eigenvalue weighted by atomic mass is 9.87. The normalized spacial score (nSPS) is 11.2. The molecule has 0 aliphatic heterocycles. The number of alkyl carbamates (subject to hydrolysis) is 1. The maximum Gasteiger partial charge on any atom is 0.407 e. The molecule has 0 fully saturated rings. The molecular weight excluding hydrogens is 190 g/mol. The number of hydrogen-bond donors (Lipinski definition) is 1. The fourth-order valence-corrected chi connectivity index (χ4v) is 1.44. The standard InChI is InChI=1S/C12H25NO2/c1-5-7-8-9-12(3,4)10-13-11(14)15-6-2/h5-10H2,1-4H3,(H,13,14). The summed E-state index contributed by atoms with van der Waals surface area (Å²) in [7, 11) is 0.